The summed E-state index contributed by atoms with van der Waals surface area (Å²) in [4.78, 5) is 27.5. The van der Waals surface area contributed by atoms with Crippen LogP contribution < -0.4 is 5.32 Å². The van der Waals surface area contributed by atoms with E-state index in [1.807, 2.05) is 29.1 Å². The minimum atomic E-state index is -0.773. The number of nitrogens with one attached hydrogen (secondary N) is 1. The molecule has 2 rings (SSSR count). The fraction of sp³-hybridized carbons (Fsp3) is 0.500. The smallest absolute Gasteiger partial charge is 0.303 e. The number of carbonyl (C=O) groups excluding carboxylic acids is 1. The number of carboxylic acids is 1. The molecule has 0 spiro atoms. The zero-order valence-electron chi connectivity index (χ0n) is 11.9. The Hall–Kier alpha value is -1.89. The van der Waals surface area contributed by atoms with E-state index in [-0.39, 0.29) is 18.7 Å². The summed E-state index contributed by atoms with van der Waals surface area (Å²) < 4.78 is 1.90. The number of fused-ring (bicyclic) bond motifs is 1. The topological polar surface area (TPSA) is 83.7 Å². The van der Waals surface area contributed by atoms with E-state index in [0.29, 0.717) is 18.9 Å². The number of hydrogen-bond donors (Lipinski definition) is 2. The second-order valence-electron chi connectivity index (χ2n) is 5.18. The number of amides is 1. The molecule has 0 saturated carbocycles. The molecular formula is C14H19N3O3S. The van der Waals surface area contributed by atoms with Gasteiger partial charge in [-0.25, -0.2) is 4.98 Å². The van der Waals surface area contributed by atoms with Crippen LogP contribution in [0.5, 0.6) is 0 Å². The van der Waals surface area contributed by atoms with Crippen LogP contribution in [0.1, 0.15) is 31.9 Å². The molecule has 0 saturated heterocycles. The van der Waals surface area contributed by atoms with Crippen LogP contribution in [0, 0.1) is 5.92 Å². The van der Waals surface area contributed by atoms with Crippen LogP contribution in [0.3, 0.4) is 0 Å². The maximum Gasteiger partial charge on any atom is 0.303 e. The van der Waals surface area contributed by atoms with Gasteiger partial charge in [0.1, 0.15) is 0 Å². The average Bonchev–Trinajstić information content (AvgIpc) is 2.97. The molecule has 1 unspecified atom stereocenters. The zero-order chi connectivity index (χ0) is 15.2. The Morgan fingerprint density at radius 3 is 3.00 bits per heavy atom. The van der Waals surface area contributed by atoms with E-state index in [4.69, 9.17) is 5.11 Å². The number of nitrogens with zero attached hydrogens (tertiary/aromatic N) is 2. The Morgan fingerprint density at radius 1 is 1.48 bits per heavy atom. The van der Waals surface area contributed by atoms with Gasteiger partial charge in [0.25, 0.3) is 0 Å². The van der Waals surface area contributed by atoms with Crippen molar-refractivity contribution >= 4 is 28.2 Å². The third kappa shape index (κ3) is 4.86. The van der Waals surface area contributed by atoms with Crippen molar-refractivity contribution in [1.82, 2.24) is 14.7 Å². The van der Waals surface area contributed by atoms with Crippen molar-refractivity contribution in [3.63, 3.8) is 0 Å². The first kappa shape index (κ1) is 15.5. The number of hydrogen-bond acceptors (Lipinski definition) is 4. The molecule has 0 aliphatic heterocycles. The summed E-state index contributed by atoms with van der Waals surface area (Å²) in [6.07, 6.45) is 5.66. The highest BCUT2D eigenvalue weighted by molar-refractivity contribution is 7.15. The SMILES string of the molecule is CC(CCNC(=O)Cc1cn2ccsc2n1)CCC(=O)O. The molecule has 6 nitrogen and oxygen atoms in total. The van der Waals surface area contributed by atoms with E-state index in [2.05, 4.69) is 10.3 Å². The van der Waals surface area contributed by atoms with E-state index >= 15 is 0 Å². The van der Waals surface area contributed by atoms with Gasteiger partial charge in [0.05, 0.1) is 12.1 Å². The van der Waals surface area contributed by atoms with Gasteiger partial charge in [-0.2, -0.15) is 0 Å². The molecule has 0 fully saturated rings. The lowest BCUT2D eigenvalue weighted by Gasteiger charge is -2.10. The molecule has 21 heavy (non-hydrogen) atoms. The van der Waals surface area contributed by atoms with Crippen molar-refractivity contribution in [2.24, 2.45) is 5.92 Å². The lowest BCUT2D eigenvalue weighted by molar-refractivity contribution is -0.137. The van der Waals surface area contributed by atoms with Gasteiger partial charge in [0.15, 0.2) is 4.96 Å². The van der Waals surface area contributed by atoms with Crippen molar-refractivity contribution in [3.05, 3.63) is 23.5 Å². The second-order valence-corrected chi connectivity index (χ2v) is 6.05. The van der Waals surface area contributed by atoms with Crippen molar-refractivity contribution in [2.75, 3.05) is 6.54 Å². The quantitative estimate of drug-likeness (QED) is 0.780. The molecule has 0 bridgehead atoms. The largest absolute Gasteiger partial charge is 0.481 e. The number of aromatic nitrogens is 2. The minimum absolute atomic E-state index is 0.0498. The maximum absolute atomic E-state index is 11.8. The maximum atomic E-state index is 11.8. The highest BCUT2D eigenvalue weighted by Gasteiger charge is 2.09. The monoisotopic (exact) mass is 309 g/mol. The summed E-state index contributed by atoms with van der Waals surface area (Å²) in [5.74, 6) is -0.531. The van der Waals surface area contributed by atoms with Gasteiger partial charge in [0, 0.05) is 30.7 Å². The predicted octanol–water partition coefficient (Wildman–Crippen LogP) is 1.95. The van der Waals surface area contributed by atoms with Crippen LogP contribution in [0.4, 0.5) is 0 Å². The van der Waals surface area contributed by atoms with E-state index < -0.39 is 5.97 Å². The van der Waals surface area contributed by atoms with Gasteiger partial charge in [-0.15, -0.1) is 11.3 Å². The molecular weight excluding hydrogens is 290 g/mol. The third-order valence-electron chi connectivity index (χ3n) is 3.30. The van der Waals surface area contributed by atoms with Gasteiger partial charge >= 0.3 is 5.97 Å². The van der Waals surface area contributed by atoms with Gasteiger partial charge in [0.2, 0.25) is 5.91 Å². The molecule has 2 N–H and O–H groups in total. The molecule has 2 aromatic rings. The van der Waals surface area contributed by atoms with E-state index in [1.54, 1.807) is 0 Å². The van der Waals surface area contributed by atoms with Crippen LogP contribution in [0.25, 0.3) is 4.96 Å². The van der Waals surface area contributed by atoms with Crippen molar-refractivity contribution in [1.29, 1.82) is 0 Å². The molecule has 2 aromatic heterocycles. The van der Waals surface area contributed by atoms with Crippen LogP contribution in [0.2, 0.25) is 0 Å². The van der Waals surface area contributed by atoms with Crippen LogP contribution in [-0.4, -0.2) is 32.9 Å². The molecule has 7 heteroatoms. The Morgan fingerprint density at radius 2 is 2.29 bits per heavy atom. The summed E-state index contributed by atoms with van der Waals surface area (Å²) in [6, 6.07) is 0. The fourth-order valence-electron chi connectivity index (χ4n) is 2.06. The number of carbonyl (C=O) groups is 2. The molecule has 1 amide bonds. The second kappa shape index (κ2) is 7.21. The summed E-state index contributed by atoms with van der Waals surface area (Å²) >= 11 is 1.54. The Balaban J connectivity index is 1.67. The predicted molar refractivity (Wildman–Crippen MR) is 80.4 cm³/mol. The van der Waals surface area contributed by atoms with Crippen LogP contribution in [-0.2, 0) is 16.0 Å². The normalized spacial score (nSPS) is 12.4. The molecule has 114 valence electrons. The van der Waals surface area contributed by atoms with E-state index in [9.17, 15) is 9.59 Å². The first-order valence-electron chi connectivity index (χ1n) is 6.94. The van der Waals surface area contributed by atoms with E-state index in [1.165, 1.54) is 11.3 Å². The fourth-order valence-corrected chi connectivity index (χ4v) is 2.78. The highest BCUT2D eigenvalue weighted by atomic mass is 32.1. The summed E-state index contributed by atoms with van der Waals surface area (Å²) in [6.45, 7) is 2.57. The first-order valence-corrected chi connectivity index (χ1v) is 7.82. The van der Waals surface area contributed by atoms with Gasteiger partial charge in [-0.05, 0) is 18.8 Å². The number of aliphatic carboxylic acids is 1. The number of rotatable bonds is 8. The zero-order valence-corrected chi connectivity index (χ0v) is 12.7. The Labute approximate surface area is 126 Å². The molecule has 2 heterocycles. The third-order valence-corrected chi connectivity index (χ3v) is 4.07. The standard InChI is InChI=1S/C14H19N3O3S/c1-10(2-3-13(19)20)4-5-15-12(18)8-11-9-17-6-7-21-14(17)16-11/h6-7,9-10H,2-5,8H2,1H3,(H,15,18)(H,19,20). The van der Waals surface area contributed by atoms with Crippen molar-refractivity contribution < 1.29 is 14.7 Å². The average molecular weight is 309 g/mol. The van der Waals surface area contributed by atoms with Gasteiger partial charge < -0.3 is 10.4 Å². The summed E-state index contributed by atoms with van der Waals surface area (Å²) in [7, 11) is 0. The van der Waals surface area contributed by atoms with Gasteiger partial charge in [-0.3, -0.25) is 14.0 Å². The minimum Gasteiger partial charge on any atom is -0.481 e. The van der Waals surface area contributed by atoms with Gasteiger partial charge in [-0.1, -0.05) is 6.92 Å². The first-order chi connectivity index (χ1) is 10.0. The van der Waals surface area contributed by atoms with Crippen LogP contribution >= 0.6 is 11.3 Å². The molecule has 0 aliphatic rings. The highest BCUT2D eigenvalue weighted by Crippen LogP contribution is 2.12. The Bertz CT molecular complexity index is 591. The lowest BCUT2D eigenvalue weighted by atomic mass is 10.0. The molecule has 0 aliphatic carbocycles. The molecule has 0 aromatic carbocycles. The van der Waals surface area contributed by atoms with Crippen molar-refractivity contribution in [2.45, 2.75) is 32.6 Å². The molecule has 1 atom stereocenters. The number of imidazole rings is 1. The summed E-state index contributed by atoms with van der Waals surface area (Å²) in [5.41, 5.74) is 0.762. The van der Waals surface area contributed by atoms with Crippen molar-refractivity contribution in [3.8, 4) is 0 Å². The number of thiazole rings is 1. The van der Waals surface area contributed by atoms with E-state index in [0.717, 1.165) is 17.1 Å². The summed E-state index contributed by atoms with van der Waals surface area (Å²) in [5, 5.41) is 13.4. The van der Waals surface area contributed by atoms with Crippen LogP contribution in [0.15, 0.2) is 17.8 Å². The number of carboxylic acid groups (broad SMARTS) is 1. The lowest BCUT2D eigenvalue weighted by Crippen LogP contribution is -2.27. The molecule has 0 radical (unpaired) electrons. The Kier molecular flexibility index (Phi) is 5.32.